The number of carbonyl (C=O) groups is 1. The van der Waals surface area contributed by atoms with Crippen LogP contribution in [0.3, 0.4) is 0 Å². The zero-order valence-corrected chi connectivity index (χ0v) is 18.6. The maximum atomic E-state index is 12.1. The second kappa shape index (κ2) is 9.31. The van der Waals surface area contributed by atoms with Crippen LogP contribution in [0.5, 0.6) is 5.75 Å². The smallest absolute Gasteiger partial charge is 0.329 e. The zero-order valence-electron chi connectivity index (χ0n) is 18.6. The Labute approximate surface area is 184 Å². The van der Waals surface area contributed by atoms with Crippen molar-refractivity contribution >= 4 is 11.7 Å². The van der Waals surface area contributed by atoms with Crippen molar-refractivity contribution in [2.45, 2.75) is 57.9 Å². The number of hydrogen-bond acceptors (Lipinski definition) is 4. The van der Waals surface area contributed by atoms with Crippen LogP contribution in [-0.4, -0.2) is 36.4 Å². The molecule has 2 N–H and O–H groups in total. The van der Waals surface area contributed by atoms with E-state index in [1.165, 1.54) is 36.0 Å². The van der Waals surface area contributed by atoms with Gasteiger partial charge in [0.25, 0.3) is 0 Å². The molecule has 2 fully saturated rings. The summed E-state index contributed by atoms with van der Waals surface area (Å²) in [4.78, 5) is 12.1. The summed E-state index contributed by atoms with van der Waals surface area (Å²) < 4.78 is 11.2. The van der Waals surface area contributed by atoms with Crippen molar-refractivity contribution in [3.8, 4) is 16.9 Å². The number of aryl methyl sites for hydroxylation is 1. The van der Waals surface area contributed by atoms with E-state index in [4.69, 9.17) is 9.47 Å². The Hall–Kier alpha value is -2.53. The molecule has 31 heavy (non-hydrogen) atoms. The monoisotopic (exact) mass is 423 g/mol. The van der Waals surface area contributed by atoms with Crippen LogP contribution >= 0.6 is 0 Å². The van der Waals surface area contributed by atoms with Crippen molar-refractivity contribution in [2.24, 2.45) is 5.92 Å². The molecule has 1 aliphatic heterocycles. The lowest BCUT2D eigenvalue weighted by Crippen LogP contribution is -2.50. The average molecular weight is 424 g/mol. The van der Waals surface area contributed by atoms with E-state index in [0.29, 0.717) is 32.7 Å². The predicted molar refractivity (Wildman–Crippen MR) is 123 cm³/mol. The van der Waals surface area contributed by atoms with Crippen LogP contribution in [0.15, 0.2) is 36.4 Å². The Morgan fingerprint density at radius 2 is 1.97 bits per heavy atom. The van der Waals surface area contributed by atoms with Crippen LogP contribution in [0.2, 0.25) is 0 Å². The molecule has 0 bridgehead atoms. The molecule has 1 aliphatic carbocycles. The van der Waals surface area contributed by atoms with E-state index in [1.807, 2.05) is 25.1 Å². The molecule has 1 saturated heterocycles. The zero-order chi connectivity index (χ0) is 21.8. The van der Waals surface area contributed by atoms with E-state index in [-0.39, 0.29) is 0 Å². The summed E-state index contributed by atoms with van der Waals surface area (Å²) in [6, 6.07) is 12.5. The molecule has 1 saturated carbocycles. The molecule has 0 unspecified atom stereocenters. The van der Waals surface area contributed by atoms with Gasteiger partial charge in [-0.05, 0) is 73.1 Å². The molecule has 2 aromatic rings. The summed E-state index contributed by atoms with van der Waals surface area (Å²) in [6.07, 6.45) is 5.77. The SMILES string of the molecule is CCOc1cccc(-c2ccc(NC3(C(=O)O)CCOCC3)cc2CCC2CC2)c1C. The Morgan fingerprint density at radius 1 is 1.19 bits per heavy atom. The number of hydrogen-bond donors (Lipinski definition) is 2. The van der Waals surface area contributed by atoms with Crippen molar-refractivity contribution in [3.05, 3.63) is 47.5 Å². The normalized spacial score (nSPS) is 17.9. The Morgan fingerprint density at radius 3 is 2.65 bits per heavy atom. The Kier molecular flexibility index (Phi) is 6.51. The van der Waals surface area contributed by atoms with E-state index >= 15 is 0 Å². The van der Waals surface area contributed by atoms with Gasteiger partial charge in [0, 0.05) is 31.7 Å². The van der Waals surface area contributed by atoms with Gasteiger partial charge in [-0.1, -0.05) is 31.0 Å². The van der Waals surface area contributed by atoms with Crippen molar-refractivity contribution in [3.63, 3.8) is 0 Å². The van der Waals surface area contributed by atoms with Crippen molar-refractivity contribution in [1.82, 2.24) is 0 Å². The summed E-state index contributed by atoms with van der Waals surface area (Å²) in [5.41, 5.74) is 4.71. The first-order valence-electron chi connectivity index (χ1n) is 11.5. The average Bonchev–Trinajstić information content (AvgIpc) is 3.59. The number of nitrogens with one attached hydrogen (secondary N) is 1. The molecule has 0 spiro atoms. The summed E-state index contributed by atoms with van der Waals surface area (Å²) in [7, 11) is 0. The summed E-state index contributed by atoms with van der Waals surface area (Å²) in [6.45, 7) is 5.69. The Bertz CT molecular complexity index is 929. The first-order chi connectivity index (χ1) is 15.0. The van der Waals surface area contributed by atoms with Gasteiger partial charge in [-0.3, -0.25) is 0 Å². The first kappa shape index (κ1) is 21.7. The molecule has 4 rings (SSSR count). The number of rotatable bonds is 9. The highest BCUT2D eigenvalue weighted by Gasteiger charge is 2.40. The summed E-state index contributed by atoms with van der Waals surface area (Å²) in [5, 5.41) is 13.3. The third kappa shape index (κ3) is 4.87. The third-order valence-corrected chi connectivity index (χ3v) is 6.64. The van der Waals surface area contributed by atoms with Crippen LogP contribution in [0.4, 0.5) is 5.69 Å². The number of aliphatic carboxylic acids is 1. The van der Waals surface area contributed by atoms with Gasteiger partial charge in [-0.2, -0.15) is 0 Å². The fourth-order valence-corrected chi connectivity index (χ4v) is 4.51. The maximum Gasteiger partial charge on any atom is 0.329 e. The lowest BCUT2D eigenvalue weighted by atomic mass is 9.88. The van der Waals surface area contributed by atoms with Crippen LogP contribution in [-0.2, 0) is 16.0 Å². The second-order valence-corrected chi connectivity index (χ2v) is 8.84. The Balaban J connectivity index is 1.68. The first-order valence-corrected chi connectivity index (χ1v) is 11.5. The van der Waals surface area contributed by atoms with Gasteiger partial charge in [-0.15, -0.1) is 0 Å². The topological polar surface area (TPSA) is 67.8 Å². The predicted octanol–water partition coefficient (Wildman–Crippen LogP) is 5.45. The van der Waals surface area contributed by atoms with Crippen LogP contribution in [0.25, 0.3) is 11.1 Å². The van der Waals surface area contributed by atoms with Crippen molar-refractivity contribution < 1.29 is 19.4 Å². The van der Waals surface area contributed by atoms with Gasteiger partial charge < -0.3 is 19.9 Å². The molecule has 2 aromatic carbocycles. The second-order valence-electron chi connectivity index (χ2n) is 8.84. The number of anilines is 1. The number of ether oxygens (including phenoxy) is 2. The lowest BCUT2D eigenvalue weighted by molar-refractivity contribution is -0.145. The van der Waals surface area contributed by atoms with Crippen molar-refractivity contribution in [1.29, 1.82) is 0 Å². The van der Waals surface area contributed by atoms with Crippen LogP contribution in [0, 0.1) is 12.8 Å². The highest BCUT2D eigenvalue weighted by atomic mass is 16.5. The quantitative estimate of drug-likeness (QED) is 0.561. The highest BCUT2D eigenvalue weighted by molar-refractivity contribution is 5.83. The molecule has 5 heteroatoms. The van der Waals surface area contributed by atoms with Gasteiger partial charge in [-0.25, -0.2) is 4.79 Å². The molecule has 0 aromatic heterocycles. The molecule has 0 atom stereocenters. The maximum absolute atomic E-state index is 12.1. The minimum absolute atomic E-state index is 0.468. The van der Waals surface area contributed by atoms with Gasteiger partial charge in [0.15, 0.2) is 0 Å². The molecular weight excluding hydrogens is 390 g/mol. The summed E-state index contributed by atoms with van der Waals surface area (Å²) in [5.74, 6) is 0.947. The lowest BCUT2D eigenvalue weighted by Gasteiger charge is -2.35. The number of carboxylic acid groups (broad SMARTS) is 1. The standard InChI is InChI=1S/C26H33NO4/c1-3-31-24-6-4-5-22(18(24)2)23-12-11-21(17-20(23)10-9-19-7-8-19)27-26(25(28)29)13-15-30-16-14-26/h4-6,11-12,17,19,27H,3,7-10,13-16H2,1-2H3,(H,28,29). The molecular formula is C26H33NO4. The molecule has 5 nitrogen and oxygen atoms in total. The minimum Gasteiger partial charge on any atom is -0.494 e. The van der Waals surface area contributed by atoms with E-state index < -0.39 is 11.5 Å². The molecule has 0 radical (unpaired) electrons. The largest absolute Gasteiger partial charge is 0.494 e. The van der Waals surface area contributed by atoms with Gasteiger partial charge in [0.1, 0.15) is 11.3 Å². The van der Waals surface area contributed by atoms with E-state index in [0.717, 1.165) is 29.3 Å². The molecule has 0 amide bonds. The fourth-order valence-electron chi connectivity index (χ4n) is 4.51. The van der Waals surface area contributed by atoms with E-state index in [1.54, 1.807) is 0 Å². The highest BCUT2D eigenvalue weighted by Crippen LogP contribution is 2.38. The van der Waals surface area contributed by atoms with Crippen LogP contribution < -0.4 is 10.1 Å². The van der Waals surface area contributed by atoms with Crippen LogP contribution in [0.1, 0.15) is 50.2 Å². The minimum atomic E-state index is -0.960. The fraction of sp³-hybridized carbons (Fsp3) is 0.500. The van der Waals surface area contributed by atoms with Gasteiger partial charge >= 0.3 is 5.97 Å². The van der Waals surface area contributed by atoms with Gasteiger partial charge in [0.05, 0.1) is 6.61 Å². The molecule has 166 valence electrons. The molecule has 1 heterocycles. The van der Waals surface area contributed by atoms with E-state index in [9.17, 15) is 9.90 Å². The molecule has 2 aliphatic rings. The number of benzene rings is 2. The van der Waals surface area contributed by atoms with Crippen molar-refractivity contribution in [2.75, 3.05) is 25.1 Å². The van der Waals surface area contributed by atoms with Gasteiger partial charge in [0.2, 0.25) is 0 Å². The van der Waals surface area contributed by atoms with E-state index in [2.05, 4.69) is 30.4 Å². The number of carboxylic acids is 1. The summed E-state index contributed by atoms with van der Waals surface area (Å²) >= 11 is 0. The third-order valence-electron chi connectivity index (χ3n) is 6.64.